The summed E-state index contributed by atoms with van der Waals surface area (Å²) in [7, 11) is 0. The highest BCUT2D eigenvalue weighted by molar-refractivity contribution is 5.88. The third-order valence-corrected chi connectivity index (χ3v) is 3.83. The molecule has 1 atom stereocenters. The number of nitrogens with one attached hydrogen (secondary N) is 2. The van der Waals surface area contributed by atoms with Gasteiger partial charge in [-0.2, -0.15) is 0 Å². The van der Waals surface area contributed by atoms with Crippen LogP contribution in [-0.4, -0.2) is 31.0 Å². The second-order valence-corrected chi connectivity index (χ2v) is 5.65. The number of rotatable bonds is 4. The van der Waals surface area contributed by atoms with Gasteiger partial charge in [0, 0.05) is 24.1 Å². The molecule has 2 heterocycles. The molecule has 2 N–H and O–H groups in total. The minimum absolute atomic E-state index is 0.159. The van der Waals surface area contributed by atoms with Gasteiger partial charge in [0.05, 0.1) is 0 Å². The first-order valence-electron chi connectivity index (χ1n) is 7.85. The zero-order valence-electron chi connectivity index (χ0n) is 13.0. The third-order valence-electron chi connectivity index (χ3n) is 3.83. The van der Waals surface area contributed by atoms with Crippen molar-refractivity contribution in [3.63, 3.8) is 0 Å². The van der Waals surface area contributed by atoms with Crippen LogP contribution in [0.15, 0.2) is 39.5 Å². The van der Waals surface area contributed by atoms with Crippen molar-refractivity contribution in [2.24, 2.45) is 0 Å². The number of fused-ring (bicyclic) bond motifs is 1. The van der Waals surface area contributed by atoms with Crippen LogP contribution in [0.3, 0.4) is 0 Å². The van der Waals surface area contributed by atoms with Crippen molar-refractivity contribution < 1.29 is 18.7 Å². The molecule has 0 radical (unpaired) electrons. The van der Waals surface area contributed by atoms with E-state index in [1.54, 1.807) is 24.3 Å². The molecule has 7 nitrogen and oxygen atoms in total. The Morgan fingerprint density at radius 3 is 2.96 bits per heavy atom. The van der Waals surface area contributed by atoms with Crippen molar-refractivity contribution in [1.82, 2.24) is 10.6 Å². The minimum atomic E-state index is -0.516. The highest BCUT2D eigenvalue weighted by atomic mass is 16.5. The molecule has 0 aliphatic carbocycles. The SMILES string of the molecule is O=C(COc1ccc2ccc(=O)oc2c1)NC1CCCCNC1=O. The van der Waals surface area contributed by atoms with Gasteiger partial charge < -0.3 is 19.8 Å². The van der Waals surface area contributed by atoms with Crippen molar-refractivity contribution in [3.8, 4) is 5.75 Å². The van der Waals surface area contributed by atoms with Crippen LogP contribution in [0, 0.1) is 0 Å². The van der Waals surface area contributed by atoms with Gasteiger partial charge in [-0.05, 0) is 37.5 Å². The lowest BCUT2D eigenvalue weighted by molar-refractivity contribution is -0.129. The Hall–Kier alpha value is -2.83. The number of carbonyl (C=O) groups is 2. The monoisotopic (exact) mass is 330 g/mol. The maximum absolute atomic E-state index is 12.0. The van der Waals surface area contributed by atoms with Crippen LogP contribution >= 0.6 is 0 Å². The van der Waals surface area contributed by atoms with Crippen molar-refractivity contribution >= 4 is 22.8 Å². The first-order valence-corrected chi connectivity index (χ1v) is 7.85. The predicted octanol–water partition coefficient (Wildman–Crippen LogP) is 0.957. The lowest BCUT2D eigenvalue weighted by atomic mass is 10.1. The van der Waals surface area contributed by atoms with Crippen LogP contribution in [0.1, 0.15) is 19.3 Å². The predicted molar refractivity (Wildman–Crippen MR) is 86.8 cm³/mol. The molecule has 0 bridgehead atoms. The quantitative estimate of drug-likeness (QED) is 0.814. The fourth-order valence-electron chi connectivity index (χ4n) is 2.59. The van der Waals surface area contributed by atoms with E-state index in [9.17, 15) is 14.4 Å². The van der Waals surface area contributed by atoms with Gasteiger partial charge in [0.15, 0.2) is 6.61 Å². The van der Waals surface area contributed by atoms with E-state index in [0.717, 1.165) is 18.2 Å². The summed E-state index contributed by atoms with van der Waals surface area (Å²) in [6, 6.07) is 7.47. The van der Waals surface area contributed by atoms with E-state index in [4.69, 9.17) is 9.15 Å². The molecule has 2 aromatic rings. The largest absolute Gasteiger partial charge is 0.484 e. The van der Waals surface area contributed by atoms with Crippen LogP contribution in [0.2, 0.25) is 0 Å². The Balaban J connectivity index is 1.59. The van der Waals surface area contributed by atoms with Gasteiger partial charge in [-0.1, -0.05) is 0 Å². The molecule has 126 valence electrons. The van der Waals surface area contributed by atoms with Gasteiger partial charge in [0.25, 0.3) is 5.91 Å². The molecule has 1 aromatic carbocycles. The van der Waals surface area contributed by atoms with E-state index in [0.29, 0.717) is 24.3 Å². The number of hydrogen-bond acceptors (Lipinski definition) is 5. The highest BCUT2D eigenvalue weighted by Gasteiger charge is 2.22. The molecule has 3 rings (SSSR count). The zero-order valence-corrected chi connectivity index (χ0v) is 13.0. The second kappa shape index (κ2) is 7.16. The average Bonchev–Trinajstić information content (AvgIpc) is 2.77. The molecule has 1 unspecified atom stereocenters. The van der Waals surface area contributed by atoms with Crippen LogP contribution < -0.4 is 21.0 Å². The van der Waals surface area contributed by atoms with E-state index in [1.165, 1.54) is 6.07 Å². The maximum Gasteiger partial charge on any atom is 0.336 e. The Morgan fingerprint density at radius 2 is 2.08 bits per heavy atom. The highest BCUT2D eigenvalue weighted by Crippen LogP contribution is 2.19. The topological polar surface area (TPSA) is 97.6 Å². The Labute approximate surface area is 138 Å². The van der Waals surface area contributed by atoms with Gasteiger partial charge in [0.2, 0.25) is 5.91 Å². The zero-order chi connectivity index (χ0) is 16.9. The molecule has 1 aromatic heterocycles. The number of ether oxygens (including phenoxy) is 1. The summed E-state index contributed by atoms with van der Waals surface area (Å²) in [5.74, 6) is -0.114. The van der Waals surface area contributed by atoms with Gasteiger partial charge in [-0.25, -0.2) is 4.79 Å². The van der Waals surface area contributed by atoms with Crippen LogP contribution in [0.25, 0.3) is 11.0 Å². The summed E-state index contributed by atoms with van der Waals surface area (Å²) in [5, 5.41) is 6.20. The Morgan fingerprint density at radius 1 is 1.25 bits per heavy atom. The summed E-state index contributed by atoms with van der Waals surface area (Å²) >= 11 is 0. The number of hydrogen-bond donors (Lipinski definition) is 2. The van der Waals surface area contributed by atoms with E-state index in [2.05, 4.69) is 10.6 Å². The molecule has 24 heavy (non-hydrogen) atoms. The van der Waals surface area contributed by atoms with E-state index in [-0.39, 0.29) is 18.4 Å². The molecule has 1 saturated heterocycles. The third kappa shape index (κ3) is 3.92. The van der Waals surface area contributed by atoms with Crippen LogP contribution in [0.5, 0.6) is 5.75 Å². The molecular formula is C17H18N2O5. The van der Waals surface area contributed by atoms with Gasteiger partial charge in [0.1, 0.15) is 17.4 Å². The summed E-state index contributed by atoms with van der Waals surface area (Å²) in [5.41, 5.74) is -0.0553. The lowest BCUT2D eigenvalue weighted by Crippen LogP contribution is -2.46. The minimum Gasteiger partial charge on any atom is -0.484 e. The van der Waals surface area contributed by atoms with Crippen molar-refractivity contribution in [3.05, 3.63) is 40.8 Å². The Bertz CT molecular complexity index is 814. The second-order valence-electron chi connectivity index (χ2n) is 5.65. The van der Waals surface area contributed by atoms with Crippen molar-refractivity contribution in [1.29, 1.82) is 0 Å². The van der Waals surface area contributed by atoms with E-state index < -0.39 is 11.7 Å². The fraction of sp³-hybridized carbons (Fsp3) is 0.353. The molecule has 1 aliphatic rings. The average molecular weight is 330 g/mol. The smallest absolute Gasteiger partial charge is 0.336 e. The summed E-state index contributed by atoms with van der Waals surface area (Å²) < 4.78 is 10.5. The molecule has 1 fully saturated rings. The first kappa shape index (κ1) is 16.0. The molecule has 0 spiro atoms. The molecular weight excluding hydrogens is 312 g/mol. The first-order chi connectivity index (χ1) is 11.6. The lowest BCUT2D eigenvalue weighted by Gasteiger charge is -2.15. The fourth-order valence-corrected chi connectivity index (χ4v) is 2.59. The van der Waals surface area contributed by atoms with E-state index >= 15 is 0 Å². The molecule has 7 heteroatoms. The standard InChI is InChI=1S/C17H18N2O5/c20-15(19-13-3-1-2-8-18-17(13)22)10-23-12-6-4-11-5-7-16(21)24-14(11)9-12/h4-7,9,13H,1-3,8,10H2,(H,18,22)(H,19,20). The Kier molecular flexibility index (Phi) is 4.79. The van der Waals surface area contributed by atoms with Crippen molar-refractivity contribution in [2.45, 2.75) is 25.3 Å². The molecule has 1 aliphatic heterocycles. The summed E-state index contributed by atoms with van der Waals surface area (Å²) in [4.78, 5) is 35.0. The van der Waals surface area contributed by atoms with Gasteiger partial charge in [-0.15, -0.1) is 0 Å². The van der Waals surface area contributed by atoms with Gasteiger partial charge in [-0.3, -0.25) is 9.59 Å². The van der Waals surface area contributed by atoms with Gasteiger partial charge >= 0.3 is 5.63 Å². The van der Waals surface area contributed by atoms with Crippen LogP contribution in [-0.2, 0) is 9.59 Å². The molecule has 0 saturated carbocycles. The summed E-state index contributed by atoms with van der Waals surface area (Å²) in [6.07, 6.45) is 2.42. The van der Waals surface area contributed by atoms with E-state index in [1.807, 2.05) is 0 Å². The van der Waals surface area contributed by atoms with Crippen molar-refractivity contribution in [2.75, 3.05) is 13.2 Å². The number of amides is 2. The maximum atomic E-state index is 12.0. The van der Waals surface area contributed by atoms with Crippen LogP contribution in [0.4, 0.5) is 0 Å². The molecule has 2 amide bonds. The normalized spacial score (nSPS) is 17.8. The number of carbonyl (C=O) groups excluding carboxylic acids is 2. The summed E-state index contributed by atoms with van der Waals surface area (Å²) in [6.45, 7) is 0.427. The number of benzene rings is 1.